The lowest BCUT2D eigenvalue weighted by molar-refractivity contribution is 0.371. The van der Waals surface area contributed by atoms with E-state index in [0.717, 1.165) is 18.0 Å². The molecule has 0 heterocycles. The van der Waals surface area contributed by atoms with E-state index in [1.165, 1.54) is 17.5 Å². The zero-order valence-electron chi connectivity index (χ0n) is 11.4. The highest BCUT2D eigenvalue weighted by molar-refractivity contribution is 6.31. The third kappa shape index (κ3) is 4.33. The Balaban J connectivity index is 2.78. The van der Waals surface area contributed by atoms with Crippen molar-refractivity contribution >= 4 is 11.6 Å². The molecule has 0 bridgehead atoms. The number of benzene rings is 1. The van der Waals surface area contributed by atoms with Crippen molar-refractivity contribution in [3.63, 3.8) is 0 Å². The first kappa shape index (κ1) is 14.5. The van der Waals surface area contributed by atoms with Crippen LogP contribution < -0.4 is 5.32 Å². The lowest BCUT2D eigenvalue weighted by atomic mass is 9.92. The summed E-state index contributed by atoms with van der Waals surface area (Å²) < 4.78 is 0. The van der Waals surface area contributed by atoms with E-state index >= 15 is 0 Å². The van der Waals surface area contributed by atoms with E-state index in [1.54, 1.807) is 0 Å². The summed E-state index contributed by atoms with van der Waals surface area (Å²) >= 11 is 6.29. The second-order valence-corrected chi connectivity index (χ2v) is 5.26. The minimum Gasteiger partial charge on any atom is -0.314 e. The van der Waals surface area contributed by atoms with Crippen LogP contribution in [0.3, 0.4) is 0 Å². The standard InChI is InChI=1S/C15H24ClN/c1-5-12(4)15(17-6-2)10-13-8-7-11(3)9-14(13)16/h7-9,12,15,17H,5-6,10H2,1-4H3. The van der Waals surface area contributed by atoms with Crippen molar-refractivity contribution in [2.75, 3.05) is 6.54 Å². The van der Waals surface area contributed by atoms with Gasteiger partial charge < -0.3 is 5.32 Å². The number of halogens is 1. The minimum absolute atomic E-state index is 0.519. The molecule has 1 aromatic carbocycles. The molecule has 0 saturated carbocycles. The third-order valence-corrected chi connectivity index (χ3v) is 3.80. The average molecular weight is 254 g/mol. The van der Waals surface area contributed by atoms with Gasteiger partial charge in [0.2, 0.25) is 0 Å². The van der Waals surface area contributed by atoms with Gasteiger partial charge in [0, 0.05) is 11.1 Å². The molecule has 2 heteroatoms. The van der Waals surface area contributed by atoms with Gasteiger partial charge in [0.25, 0.3) is 0 Å². The van der Waals surface area contributed by atoms with Crippen LogP contribution in [0.1, 0.15) is 38.3 Å². The lowest BCUT2D eigenvalue weighted by Gasteiger charge is -2.24. The molecule has 0 spiro atoms. The molecule has 1 aromatic rings. The van der Waals surface area contributed by atoms with Gasteiger partial charge in [-0.15, -0.1) is 0 Å². The number of likely N-dealkylation sites (N-methyl/N-ethyl adjacent to an activating group) is 1. The molecule has 0 aliphatic heterocycles. The molecule has 0 radical (unpaired) electrons. The SMILES string of the molecule is CCNC(Cc1ccc(C)cc1Cl)C(C)CC. The maximum absolute atomic E-state index is 6.29. The van der Waals surface area contributed by atoms with Crippen molar-refractivity contribution in [1.82, 2.24) is 5.32 Å². The summed E-state index contributed by atoms with van der Waals surface area (Å²) in [5.41, 5.74) is 2.48. The Morgan fingerprint density at radius 3 is 2.53 bits per heavy atom. The molecule has 0 aliphatic rings. The lowest BCUT2D eigenvalue weighted by Crippen LogP contribution is -2.36. The van der Waals surface area contributed by atoms with E-state index < -0.39 is 0 Å². The number of hydrogen-bond donors (Lipinski definition) is 1. The van der Waals surface area contributed by atoms with Crippen LogP contribution in [-0.2, 0) is 6.42 Å². The molecular formula is C15H24ClN. The summed E-state index contributed by atoms with van der Waals surface area (Å²) in [4.78, 5) is 0. The topological polar surface area (TPSA) is 12.0 Å². The van der Waals surface area contributed by atoms with E-state index in [1.807, 2.05) is 0 Å². The van der Waals surface area contributed by atoms with Crippen molar-refractivity contribution in [2.24, 2.45) is 5.92 Å². The van der Waals surface area contributed by atoms with Gasteiger partial charge in [-0.1, -0.05) is 50.9 Å². The molecule has 17 heavy (non-hydrogen) atoms. The highest BCUT2D eigenvalue weighted by Crippen LogP contribution is 2.21. The van der Waals surface area contributed by atoms with Gasteiger partial charge in [-0.05, 0) is 43.0 Å². The molecular weight excluding hydrogens is 230 g/mol. The molecule has 2 unspecified atom stereocenters. The fraction of sp³-hybridized carbons (Fsp3) is 0.600. The van der Waals surface area contributed by atoms with Crippen molar-refractivity contribution in [1.29, 1.82) is 0 Å². The van der Waals surface area contributed by atoms with Crippen LogP contribution in [0.4, 0.5) is 0 Å². The predicted octanol–water partition coefficient (Wildman–Crippen LogP) is 4.22. The fourth-order valence-electron chi connectivity index (χ4n) is 2.08. The number of nitrogens with one attached hydrogen (secondary N) is 1. The van der Waals surface area contributed by atoms with Crippen LogP contribution in [0.2, 0.25) is 5.02 Å². The van der Waals surface area contributed by atoms with Crippen LogP contribution in [0.5, 0.6) is 0 Å². The fourth-order valence-corrected chi connectivity index (χ4v) is 2.39. The number of hydrogen-bond acceptors (Lipinski definition) is 1. The molecule has 1 rings (SSSR count). The van der Waals surface area contributed by atoms with Gasteiger partial charge in [-0.2, -0.15) is 0 Å². The minimum atomic E-state index is 0.519. The Labute approximate surface area is 111 Å². The number of rotatable bonds is 6. The van der Waals surface area contributed by atoms with Gasteiger partial charge in [-0.25, -0.2) is 0 Å². The van der Waals surface area contributed by atoms with Crippen molar-refractivity contribution in [3.05, 3.63) is 34.3 Å². The normalized spacial score (nSPS) is 14.6. The van der Waals surface area contributed by atoms with E-state index in [0.29, 0.717) is 12.0 Å². The predicted molar refractivity (Wildman–Crippen MR) is 76.8 cm³/mol. The van der Waals surface area contributed by atoms with Crippen molar-refractivity contribution < 1.29 is 0 Å². The Morgan fingerprint density at radius 2 is 2.00 bits per heavy atom. The maximum atomic E-state index is 6.29. The zero-order valence-corrected chi connectivity index (χ0v) is 12.1. The van der Waals surface area contributed by atoms with Gasteiger partial charge >= 0.3 is 0 Å². The van der Waals surface area contributed by atoms with E-state index in [9.17, 15) is 0 Å². The van der Waals surface area contributed by atoms with Gasteiger partial charge in [-0.3, -0.25) is 0 Å². The smallest absolute Gasteiger partial charge is 0.0441 e. The van der Waals surface area contributed by atoms with Gasteiger partial charge in [0.15, 0.2) is 0 Å². The number of aryl methyl sites for hydroxylation is 1. The summed E-state index contributed by atoms with van der Waals surface area (Å²) in [7, 11) is 0. The molecule has 0 amide bonds. The van der Waals surface area contributed by atoms with E-state index in [4.69, 9.17) is 11.6 Å². The first-order chi connectivity index (χ1) is 8.08. The monoisotopic (exact) mass is 253 g/mol. The van der Waals surface area contributed by atoms with Crippen LogP contribution in [0.25, 0.3) is 0 Å². The second kappa shape index (κ2) is 7.03. The molecule has 0 saturated heterocycles. The summed E-state index contributed by atoms with van der Waals surface area (Å²) in [6, 6.07) is 6.87. The molecule has 96 valence electrons. The summed E-state index contributed by atoms with van der Waals surface area (Å²) in [6.45, 7) is 9.79. The highest BCUT2D eigenvalue weighted by atomic mass is 35.5. The first-order valence-electron chi connectivity index (χ1n) is 6.56. The molecule has 0 aromatic heterocycles. The molecule has 2 atom stereocenters. The van der Waals surface area contributed by atoms with Gasteiger partial charge in [0.1, 0.15) is 0 Å². The van der Waals surface area contributed by atoms with Crippen LogP contribution >= 0.6 is 11.6 Å². The summed E-state index contributed by atoms with van der Waals surface area (Å²) in [5, 5.41) is 4.46. The van der Waals surface area contributed by atoms with E-state index in [-0.39, 0.29) is 0 Å². The van der Waals surface area contributed by atoms with Crippen LogP contribution in [-0.4, -0.2) is 12.6 Å². The Bertz CT molecular complexity index is 349. The first-order valence-corrected chi connectivity index (χ1v) is 6.94. The molecule has 1 N–H and O–H groups in total. The Kier molecular flexibility index (Phi) is 6.01. The van der Waals surface area contributed by atoms with Crippen LogP contribution in [0.15, 0.2) is 18.2 Å². The van der Waals surface area contributed by atoms with E-state index in [2.05, 4.69) is 51.2 Å². The average Bonchev–Trinajstić information content (AvgIpc) is 2.30. The van der Waals surface area contributed by atoms with Crippen molar-refractivity contribution in [2.45, 2.75) is 46.6 Å². The van der Waals surface area contributed by atoms with Crippen LogP contribution in [0, 0.1) is 12.8 Å². The summed E-state index contributed by atoms with van der Waals surface area (Å²) in [5.74, 6) is 0.673. The Hall–Kier alpha value is -0.530. The molecule has 1 nitrogen and oxygen atoms in total. The summed E-state index contributed by atoms with van der Waals surface area (Å²) in [6.07, 6.45) is 2.21. The quantitative estimate of drug-likeness (QED) is 0.801. The zero-order chi connectivity index (χ0) is 12.8. The molecule has 0 aliphatic carbocycles. The highest BCUT2D eigenvalue weighted by Gasteiger charge is 2.16. The third-order valence-electron chi connectivity index (χ3n) is 3.45. The Morgan fingerprint density at radius 1 is 1.29 bits per heavy atom. The second-order valence-electron chi connectivity index (χ2n) is 4.85. The largest absolute Gasteiger partial charge is 0.314 e. The van der Waals surface area contributed by atoms with Crippen molar-refractivity contribution in [3.8, 4) is 0 Å². The van der Waals surface area contributed by atoms with Gasteiger partial charge in [0.05, 0.1) is 0 Å². The maximum Gasteiger partial charge on any atom is 0.0441 e. The molecule has 0 fully saturated rings.